The van der Waals surface area contributed by atoms with Crippen LogP contribution in [0, 0.1) is 0 Å². The fourth-order valence-electron chi connectivity index (χ4n) is 3.15. The summed E-state index contributed by atoms with van der Waals surface area (Å²) in [6.07, 6.45) is 6.34. The van der Waals surface area contributed by atoms with Gasteiger partial charge in [-0.3, -0.25) is 4.79 Å². The highest BCUT2D eigenvalue weighted by atomic mass is 16.5. The van der Waals surface area contributed by atoms with Gasteiger partial charge in [-0.2, -0.15) is 0 Å². The Hall–Kier alpha value is -2.89. The van der Waals surface area contributed by atoms with Crippen LogP contribution in [0.15, 0.2) is 40.6 Å². The summed E-state index contributed by atoms with van der Waals surface area (Å²) in [7, 11) is 4.74. The number of carbonyl (C=O) groups is 1. The topological polar surface area (TPSA) is 61.1 Å². The van der Waals surface area contributed by atoms with Crippen LogP contribution in [0.4, 0.5) is 0 Å². The predicted molar refractivity (Wildman–Crippen MR) is 97.7 cm³/mol. The van der Waals surface area contributed by atoms with Crippen molar-refractivity contribution in [1.82, 2.24) is 4.90 Å². The number of hydrogen-bond acceptors (Lipinski definition) is 5. The highest BCUT2D eigenvalue weighted by Gasteiger charge is 2.24. The van der Waals surface area contributed by atoms with Gasteiger partial charge in [-0.1, -0.05) is 0 Å². The van der Waals surface area contributed by atoms with Gasteiger partial charge >= 0.3 is 0 Å². The molecule has 26 heavy (non-hydrogen) atoms. The van der Waals surface area contributed by atoms with E-state index in [9.17, 15) is 4.79 Å². The van der Waals surface area contributed by atoms with Gasteiger partial charge in [0.1, 0.15) is 0 Å². The molecule has 0 aliphatic carbocycles. The molecule has 1 aliphatic heterocycles. The number of ether oxygens (including phenoxy) is 3. The number of carbonyl (C=O) groups excluding carboxylic acids is 1. The highest BCUT2D eigenvalue weighted by molar-refractivity contribution is 5.93. The minimum absolute atomic E-state index is 0.117. The largest absolute Gasteiger partial charge is 0.493 e. The van der Waals surface area contributed by atoms with Crippen LogP contribution in [0.1, 0.15) is 35.4 Å². The number of hydrogen-bond donors (Lipinski definition) is 0. The lowest BCUT2D eigenvalue weighted by Gasteiger charge is -2.29. The molecule has 1 saturated heterocycles. The van der Waals surface area contributed by atoms with Gasteiger partial charge < -0.3 is 23.5 Å². The fraction of sp³-hybridized carbons (Fsp3) is 0.350. The average molecular weight is 357 g/mol. The lowest BCUT2D eigenvalue weighted by molar-refractivity contribution is 0.0753. The van der Waals surface area contributed by atoms with Crippen molar-refractivity contribution in [1.29, 1.82) is 0 Å². The van der Waals surface area contributed by atoms with Crippen LogP contribution < -0.4 is 14.2 Å². The van der Waals surface area contributed by atoms with Crippen molar-refractivity contribution in [2.45, 2.75) is 19.3 Å². The normalized spacial score (nSPS) is 15.8. The van der Waals surface area contributed by atoms with Crippen LogP contribution in [0.5, 0.6) is 17.2 Å². The molecule has 0 radical (unpaired) electrons. The second-order valence-corrected chi connectivity index (χ2v) is 5.99. The van der Waals surface area contributed by atoms with Gasteiger partial charge in [0.15, 0.2) is 17.3 Å². The predicted octanol–water partition coefficient (Wildman–Crippen LogP) is 3.97. The minimum Gasteiger partial charge on any atom is -0.493 e. The molecular formula is C20H23NO5. The van der Waals surface area contributed by atoms with Gasteiger partial charge in [0, 0.05) is 12.2 Å². The zero-order valence-electron chi connectivity index (χ0n) is 15.3. The summed E-state index contributed by atoms with van der Waals surface area (Å²) in [6.45, 7) is 0.676. The summed E-state index contributed by atoms with van der Waals surface area (Å²) in [6, 6.07) is 7.16. The first-order chi connectivity index (χ1) is 12.7. The molecule has 2 heterocycles. The molecule has 6 heteroatoms. The van der Waals surface area contributed by atoms with E-state index in [-0.39, 0.29) is 5.91 Å². The molecule has 0 saturated carbocycles. The van der Waals surface area contributed by atoms with E-state index < -0.39 is 0 Å². The molecule has 0 atom stereocenters. The Morgan fingerprint density at radius 3 is 2.42 bits per heavy atom. The number of piperidine rings is 1. The highest BCUT2D eigenvalue weighted by Crippen LogP contribution is 2.39. The zero-order valence-corrected chi connectivity index (χ0v) is 15.3. The third-order valence-corrected chi connectivity index (χ3v) is 4.41. The van der Waals surface area contributed by atoms with E-state index in [1.807, 2.05) is 18.2 Å². The Morgan fingerprint density at radius 2 is 1.85 bits per heavy atom. The van der Waals surface area contributed by atoms with Gasteiger partial charge in [-0.15, -0.1) is 0 Å². The average Bonchev–Trinajstić information content (AvgIpc) is 3.21. The van der Waals surface area contributed by atoms with Crippen molar-refractivity contribution in [3.63, 3.8) is 0 Å². The molecule has 0 spiro atoms. The van der Waals surface area contributed by atoms with Gasteiger partial charge in [0.25, 0.3) is 5.91 Å². The summed E-state index contributed by atoms with van der Waals surface area (Å²) in [5.41, 5.74) is 1.83. The molecule has 3 rings (SSSR count). The van der Waals surface area contributed by atoms with Crippen molar-refractivity contribution < 1.29 is 23.4 Å². The van der Waals surface area contributed by atoms with Crippen LogP contribution in [0.3, 0.4) is 0 Å². The molecule has 6 nitrogen and oxygen atoms in total. The number of allylic oxidation sites excluding steroid dienone is 1. The molecule has 1 amide bonds. The maximum Gasteiger partial charge on any atom is 0.293 e. The van der Waals surface area contributed by atoms with Gasteiger partial charge in [-0.25, -0.2) is 0 Å². The zero-order chi connectivity index (χ0) is 18.5. The molecule has 2 aromatic rings. The SMILES string of the molecule is COc1cc(/C=C2\CCCCN2C(=O)c2ccco2)cc(OC)c1OC. The summed E-state index contributed by atoms with van der Waals surface area (Å²) in [5.74, 6) is 1.94. The molecule has 0 bridgehead atoms. The number of rotatable bonds is 5. The number of furan rings is 1. The molecule has 1 aromatic carbocycles. The number of methoxy groups -OCH3 is 3. The molecule has 0 unspecified atom stereocenters. The van der Waals surface area contributed by atoms with E-state index in [4.69, 9.17) is 18.6 Å². The third kappa shape index (κ3) is 3.54. The summed E-state index contributed by atoms with van der Waals surface area (Å²) in [5, 5.41) is 0. The third-order valence-electron chi connectivity index (χ3n) is 4.41. The van der Waals surface area contributed by atoms with Crippen molar-refractivity contribution in [2.75, 3.05) is 27.9 Å². The minimum atomic E-state index is -0.117. The smallest absolute Gasteiger partial charge is 0.293 e. The van der Waals surface area contributed by atoms with E-state index in [1.165, 1.54) is 6.26 Å². The standard InChI is InChI=1S/C20H23NO5/c1-23-17-12-14(13-18(24-2)19(17)25-3)11-15-7-4-5-9-21(15)20(22)16-8-6-10-26-16/h6,8,10-13H,4-5,7,9H2,1-3H3/b15-11+. The molecule has 1 aliphatic rings. The van der Waals surface area contributed by atoms with E-state index in [0.29, 0.717) is 29.6 Å². The van der Waals surface area contributed by atoms with Gasteiger partial charge in [0.05, 0.1) is 27.6 Å². The maximum absolute atomic E-state index is 12.7. The number of likely N-dealkylation sites (tertiary alicyclic amines) is 1. The van der Waals surface area contributed by atoms with E-state index in [0.717, 1.165) is 30.5 Å². The number of benzene rings is 1. The van der Waals surface area contributed by atoms with Crippen molar-refractivity contribution in [3.05, 3.63) is 47.5 Å². The van der Waals surface area contributed by atoms with Gasteiger partial charge in [0.2, 0.25) is 5.75 Å². The second-order valence-electron chi connectivity index (χ2n) is 5.99. The summed E-state index contributed by atoms with van der Waals surface area (Å²) in [4.78, 5) is 14.5. The lowest BCUT2D eigenvalue weighted by Crippen LogP contribution is -2.33. The monoisotopic (exact) mass is 357 g/mol. The first-order valence-corrected chi connectivity index (χ1v) is 8.54. The Morgan fingerprint density at radius 1 is 1.12 bits per heavy atom. The molecule has 0 N–H and O–H groups in total. The van der Waals surface area contributed by atoms with Crippen LogP contribution in [0.25, 0.3) is 6.08 Å². The fourth-order valence-corrected chi connectivity index (χ4v) is 3.15. The first-order valence-electron chi connectivity index (χ1n) is 8.54. The van der Waals surface area contributed by atoms with Gasteiger partial charge in [-0.05, 0) is 55.2 Å². The number of nitrogens with zero attached hydrogens (tertiary/aromatic N) is 1. The molecule has 138 valence electrons. The van der Waals surface area contributed by atoms with Crippen LogP contribution in [-0.2, 0) is 0 Å². The van der Waals surface area contributed by atoms with Crippen molar-refractivity contribution in [3.8, 4) is 17.2 Å². The van der Waals surface area contributed by atoms with Crippen LogP contribution >= 0.6 is 0 Å². The summed E-state index contributed by atoms with van der Waals surface area (Å²) < 4.78 is 21.5. The molecule has 1 aromatic heterocycles. The van der Waals surface area contributed by atoms with Crippen molar-refractivity contribution in [2.24, 2.45) is 0 Å². The second kappa shape index (κ2) is 7.99. The quantitative estimate of drug-likeness (QED) is 0.810. The number of amides is 1. The Balaban J connectivity index is 1.97. The Bertz CT molecular complexity index is 770. The molecule has 1 fully saturated rings. The summed E-state index contributed by atoms with van der Waals surface area (Å²) >= 11 is 0. The maximum atomic E-state index is 12.7. The van der Waals surface area contributed by atoms with E-state index in [1.54, 1.807) is 38.4 Å². The Labute approximate surface area is 152 Å². The van der Waals surface area contributed by atoms with E-state index >= 15 is 0 Å². The van der Waals surface area contributed by atoms with Crippen molar-refractivity contribution >= 4 is 12.0 Å². The van der Waals surface area contributed by atoms with Crippen LogP contribution in [0.2, 0.25) is 0 Å². The lowest BCUT2D eigenvalue weighted by atomic mass is 10.0. The van der Waals surface area contributed by atoms with E-state index in [2.05, 4.69) is 0 Å². The van der Waals surface area contributed by atoms with Crippen LogP contribution in [-0.4, -0.2) is 38.7 Å². The molecular weight excluding hydrogens is 334 g/mol. The first kappa shape index (κ1) is 17.9. The Kier molecular flexibility index (Phi) is 5.51.